The molecule has 3 aliphatic carbocycles. The van der Waals surface area contributed by atoms with Crippen molar-refractivity contribution < 1.29 is 49.8 Å². The highest BCUT2D eigenvalue weighted by atomic mass is 16.6. The van der Waals surface area contributed by atoms with Gasteiger partial charge in [0.1, 0.15) is 34.7 Å². The molecule has 7 rings (SSSR count). The number of esters is 1. The summed E-state index contributed by atoms with van der Waals surface area (Å²) in [5.74, 6) is -5.30. The normalized spacial score (nSPS) is 27.5. The number of hydrogen-bond acceptors (Lipinski definition) is 10. The van der Waals surface area contributed by atoms with E-state index in [2.05, 4.69) is 0 Å². The van der Waals surface area contributed by atoms with Crippen LogP contribution in [0.2, 0.25) is 0 Å². The van der Waals surface area contributed by atoms with E-state index in [1.54, 1.807) is 19.1 Å². The summed E-state index contributed by atoms with van der Waals surface area (Å²) in [5.41, 5.74) is -1.43. The second-order valence-electron chi connectivity index (χ2n) is 10.9. The molecule has 0 bridgehead atoms. The molecular weight excluding hydrogens is 520 g/mol. The Kier molecular flexibility index (Phi) is 4.70. The Morgan fingerprint density at radius 1 is 0.775 bits per heavy atom. The Balaban J connectivity index is 1.51. The summed E-state index contributed by atoms with van der Waals surface area (Å²) >= 11 is 0. The summed E-state index contributed by atoms with van der Waals surface area (Å²) in [5, 5.41) is 64.8. The SMILES string of the molecule is Cc1cc(O)c2c(c1)C([C@]13Cc4cc(O)c5c(c4[C@H]1C=C[C@@H](O)[C@H]3O)C(=O)c1c(O)ccc(O)c1C5=O)OC2=O. The zero-order chi connectivity index (χ0) is 28.4. The molecule has 40 heavy (non-hydrogen) atoms. The van der Waals surface area contributed by atoms with Gasteiger partial charge in [-0.25, -0.2) is 4.79 Å². The fourth-order valence-corrected chi connectivity index (χ4v) is 7.18. The predicted octanol–water partition coefficient (Wildman–Crippen LogP) is 2.42. The first-order chi connectivity index (χ1) is 19.0. The number of phenolic OH excluding ortho intramolecular Hbond substituents is 4. The molecule has 0 saturated heterocycles. The number of carbonyl (C=O) groups is 3. The van der Waals surface area contributed by atoms with Gasteiger partial charge in [-0.1, -0.05) is 18.2 Å². The van der Waals surface area contributed by atoms with Gasteiger partial charge in [-0.2, -0.15) is 0 Å². The van der Waals surface area contributed by atoms with Crippen LogP contribution >= 0.6 is 0 Å². The molecule has 1 unspecified atom stereocenters. The number of fused-ring (bicyclic) bond motifs is 7. The molecule has 202 valence electrons. The lowest BCUT2D eigenvalue weighted by atomic mass is 9.61. The van der Waals surface area contributed by atoms with Crippen molar-refractivity contribution in [3.63, 3.8) is 0 Å². The number of phenols is 4. The standard InChI is InChI=1S/C30H22O10/c1-10-6-12-20(17(34)7-10)29(39)40-28(12)30-9-11-8-18(35)23-24(19(11)13(30)2-3-16(33)27(30)38)26(37)22-15(32)5-4-14(31)21(22)25(23)36/h2-8,13,16,27-28,31-35,38H,9H2,1H3/t13-,16-,27-,28?,30-/m1/s1. The first-order valence-corrected chi connectivity index (χ1v) is 12.6. The van der Waals surface area contributed by atoms with Gasteiger partial charge in [-0.3, -0.25) is 9.59 Å². The molecule has 5 atom stereocenters. The van der Waals surface area contributed by atoms with Crippen molar-refractivity contribution in [2.45, 2.75) is 37.6 Å². The van der Waals surface area contributed by atoms with E-state index in [1.165, 1.54) is 18.2 Å². The van der Waals surface area contributed by atoms with E-state index in [1.807, 2.05) is 0 Å². The number of rotatable bonds is 1. The molecule has 0 aromatic heterocycles. The van der Waals surface area contributed by atoms with Gasteiger partial charge in [0.2, 0.25) is 5.78 Å². The number of benzene rings is 3. The molecule has 0 saturated carbocycles. The summed E-state index contributed by atoms with van der Waals surface area (Å²) in [6.45, 7) is 1.71. The third kappa shape index (κ3) is 2.76. The van der Waals surface area contributed by atoms with Gasteiger partial charge in [-0.05, 0) is 54.3 Å². The van der Waals surface area contributed by atoms with Crippen molar-refractivity contribution in [2.75, 3.05) is 0 Å². The summed E-state index contributed by atoms with van der Waals surface area (Å²) in [7, 11) is 0. The van der Waals surface area contributed by atoms with Gasteiger partial charge in [0.05, 0.1) is 34.3 Å². The summed E-state index contributed by atoms with van der Waals surface area (Å²) in [6.07, 6.45) is -1.25. The van der Waals surface area contributed by atoms with E-state index in [-0.39, 0.29) is 34.4 Å². The molecule has 6 N–H and O–H groups in total. The molecule has 3 aromatic rings. The van der Waals surface area contributed by atoms with E-state index in [9.17, 15) is 45.0 Å². The minimum Gasteiger partial charge on any atom is -0.507 e. The third-order valence-electron chi connectivity index (χ3n) is 8.76. The van der Waals surface area contributed by atoms with Gasteiger partial charge in [0.25, 0.3) is 0 Å². The summed E-state index contributed by atoms with van der Waals surface area (Å²) in [6, 6.07) is 6.51. The van der Waals surface area contributed by atoms with Crippen molar-refractivity contribution in [1.29, 1.82) is 0 Å². The second-order valence-corrected chi connectivity index (χ2v) is 10.9. The number of aliphatic hydroxyl groups is 2. The van der Waals surface area contributed by atoms with Crippen LogP contribution in [0.25, 0.3) is 0 Å². The Bertz CT molecular complexity index is 1770. The van der Waals surface area contributed by atoms with Crippen LogP contribution < -0.4 is 0 Å². The highest BCUT2D eigenvalue weighted by Gasteiger charge is 2.63. The van der Waals surface area contributed by atoms with Crippen LogP contribution in [0, 0.1) is 12.3 Å². The number of carbonyl (C=O) groups excluding carboxylic acids is 3. The molecule has 0 radical (unpaired) electrons. The zero-order valence-corrected chi connectivity index (χ0v) is 20.9. The van der Waals surface area contributed by atoms with Gasteiger partial charge < -0.3 is 35.4 Å². The topological polar surface area (TPSA) is 182 Å². The largest absolute Gasteiger partial charge is 0.507 e. The number of allylic oxidation sites excluding steroid dienone is 1. The predicted molar refractivity (Wildman–Crippen MR) is 136 cm³/mol. The molecular formula is C30H22O10. The van der Waals surface area contributed by atoms with Crippen LogP contribution in [0.1, 0.15) is 76.5 Å². The lowest BCUT2D eigenvalue weighted by Gasteiger charge is -2.46. The highest BCUT2D eigenvalue weighted by molar-refractivity contribution is 6.31. The van der Waals surface area contributed by atoms with E-state index < -0.39 is 75.6 Å². The first-order valence-electron chi connectivity index (χ1n) is 12.6. The van der Waals surface area contributed by atoms with E-state index >= 15 is 0 Å². The maximum absolute atomic E-state index is 13.9. The first kappa shape index (κ1) is 24.4. The van der Waals surface area contributed by atoms with Crippen LogP contribution in [0.4, 0.5) is 0 Å². The number of hydrogen-bond donors (Lipinski definition) is 6. The van der Waals surface area contributed by atoms with Gasteiger partial charge in [-0.15, -0.1) is 0 Å². The monoisotopic (exact) mass is 542 g/mol. The Morgan fingerprint density at radius 2 is 1.38 bits per heavy atom. The maximum atomic E-state index is 13.9. The van der Waals surface area contributed by atoms with Crippen molar-refractivity contribution in [2.24, 2.45) is 5.41 Å². The van der Waals surface area contributed by atoms with Gasteiger partial charge in [0, 0.05) is 17.0 Å². The lowest BCUT2D eigenvalue weighted by molar-refractivity contribution is -0.118. The maximum Gasteiger partial charge on any atom is 0.342 e. The van der Waals surface area contributed by atoms with Crippen molar-refractivity contribution in [3.8, 4) is 23.0 Å². The number of ketones is 2. The number of aryl methyl sites for hydroxylation is 1. The number of aromatic hydroxyl groups is 4. The Hall–Kier alpha value is -4.67. The number of ether oxygens (including phenoxy) is 1. The van der Waals surface area contributed by atoms with Crippen LogP contribution in [0.5, 0.6) is 23.0 Å². The van der Waals surface area contributed by atoms with Gasteiger partial charge >= 0.3 is 5.97 Å². The molecule has 10 heteroatoms. The fraction of sp³-hybridized carbons (Fsp3) is 0.233. The molecule has 10 nitrogen and oxygen atoms in total. The minimum absolute atomic E-state index is 0.0682. The fourth-order valence-electron chi connectivity index (χ4n) is 7.18. The summed E-state index contributed by atoms with van der Waals surface area (Å²) < 4.78 is 5.78. The van der Waals surface area contributed by atoms with E-state index in [0.717, 1.165) is 12.1 Å². The molecule has 4 aliphatic rings. The average Bonchev–Trinajstić information content (AvgIpc) is 3.41. The van der Waals surface area contributed by atoms with Crippen LogP contribution in [0.15, 0.2) is 42.5 Å². The third-order valence-corrected chi connectivity index (χ3v) is 8.76. The molecule has 3 aromatic carbocycles. The van der Waals surface area contributed by atoms with Crippen LogP contribution in [0.3, 0.4) is 0 Å². The Morgan fingerprint density at radius 3 is 2.05 bits per heavy atom. The molecule has 1 aliphatic heterocycles. The molecule has 0 spiro atoms. The van der Waals surface area contributed by atoms with Crippen molar-refractivity contribution in [3.05, 3.63) is 92.6 Å². The minimum atomic E-state index is -1.53. The van der Waals surface area contributed by atoms with Crippen LogP contribution in [-0.4, -0.2) is 60.4 Å². The smallest absolute Gasteiger partial charge is 0.342 e. The Labute approximate surface area is 226 Å². The van der Waals surface area contributed by atoms with E-state index in [0.29, 0.717) is 16.7 Å². The van der Waals surface area contributed by atoms with Gasteiger partial charge in [0.15, 0.2) is 5.78 Å². The van der Waals surface area contributed by atoms with Crippen molar-refractivity contribution >= 4 is 17.5 Å². The average molecular weight is 542 g/mol. The number of aliphatic hydroxyl groups excluding tert-OH is 2. The summed E-state index contributed by atoms with van der Waals surface area (Å²) in [4.78, 5) is 40.4. The van der Waals surface area contributed by atoms with E-state index in [4.69, 9.17) is 4.74 Å². The molecule has 0 fully saturated rings. The molecule has 1 heterocycles. The highest BCUT2D eigenvalue weighted by Crippen LogP contribution is 2.64. The molecule has 0 amide bonds. The second kappa shape index (κ2) is 7.71. The lowest BCUT2D eigenvalue weighted by Crippen LogP contribution is -2.51. The van der Waals surface area contributed by atoms with Crippen LogP contribution in [-0.2, 0) is 11.2 Å². The quantitative estimate of drug-likeness (QED) is 0.119. The van der Waals surface area contributed by atoms with Crippen molar-refractivity contribution in [1.82, 2.24) is 0 Å². The number of cyclic esters (lactones) is 1. The zero-order valence-electron chi connectivity index (χ0n) is 20.9.